The molecule has 2 rings (SSSR count). The Bertz CT molecular complexity index is 604. The second kappa shape index (κ2) is 5.59. The normalized spacial score (nSPS) is 10.5. The molecule has 0 atom stereocenters. The van der Waals surface area contributed by atoms with Crippen LogP contribution in [0.3, 0.4) is 0 Å². The molecule has 1 amide bonds. The number of rotatable bonds is 3. The average molecular weight is 299 g/mol. The molecular weight excluding hydrogens is 287 g/mol. The number of halogens is 2. The van der Waals surface area contributed by atoms with E-state index >= 15 is 0 Å². The van der Waals surface area contributed by atoms with E-state index in [1.807, 2.05) is 20.2 Å². The number of aryl methyl sites for hydroxylation is 2. The van der Waals surface area contributed by atoms with Crippen molar-refractivity contribution in [3.05, 3.63) is 45.5 Å². The molecule has 0 aliphatic carbocycles. The van der Waals surface area contributed by atoms with Crippen molar-refractivity contribution in [1.82, 2.24) is 20.1 Å². The van der Waals surface area contributed by atoms with Crippen LogP contribution in [0.15, 0.2) is 18.3 Å². The van der Waals surface area contributed by atoms with E-state index < -0.39 is 0 Å². The summed E-state index contributed by atoms with van der Waals surface area (Å²) in [4.78, 5) is 15.7. The van der Waals surface area contributed by atoms with E-state index in [2.05, 4.69) is 15.4 Å². The maximum atomic E-state index is 12.0. The number of carbonyl (C=O) groups excluding carboxylic acids is 1. The number of amides is 1. The van der Waals surface area contributed by atoms with Crippen molar-refractivity contribution < 1.29 is 4.79 Å². The number of hydrogen-bond donors (Lipinski definition) is 1. The lowest BCUT2D eigenvalue weighted by molar-refractivity contribution is 0.0950. The fourth-order valence-electron chi connectivity index (χ4n) is 1.70. The van der Waals surface area contributed by atoms with E-state index in [0.717, 1.165) is 11.3 Å². The Kier molecular flexibility index (Phi) is 4.07. The third kappa shape index (κ3) is 3.45. The predicted molar refractivity (Wildman–Crippen MR) is 73.4 cm³/mol. The van der Waals surface area contributed by atoms with E-state index in [1.54, 1.807) is 4.68 Å². The number of nitrogens with one attached hydrogen (secondary N) is 1. The van der Waals surface area contributed by atoms with Crippen LogP contribution < -0.4 is 5.32 Å². The van der Waals surface area contributed by atoms with Gasteiger partial charge >= 0.3 is 0 Å². The number of pyridine rings is 1. The maximum absolute atomic E-state index is 12.0. The summed E-state index contributed by atoms with van der Waals surface area (Å²) >= 11 is 11.5. The molecule has 0 saturated carbocycles. The lowest BCUT2D eigenvalue weighted by atomic mass is 10.2. The van der Waals surface area contributed by atoms with Crippen LogP contribution >= 0.6 is 23.2 Å². The van der Waals surface area contributed by atoms with Crippen molar-refractivity contribution in [2.24, 2.45) is 7.05 Å². The lowest BCUT2D eigenvalue weighted by Gasteiger charge is -2.05. The van der Waals surface area contributed by atoms with Gasteiger partial charge in [-0.25, -0.2) is 4.98 Å². The first-order valence-corrected chi connectivity index (χ1v) is 6.31. The van der Waals surface area contributed by atoms with Crippen molar-refractivity contribution in [1.29, 1.82) is 0 Å². The monoisotopic (exact) mass is 298 g/mol. The van der Waals surface area contributed by atoms with Gasteiger partial charge in [0.25, 0.3) is 5.91 Å². The van der Waals surface area contributed by atoms with Gasteiger partial charge in [0.2, 0.25) is 0 Å². The van der Waals surface area contributed by atoms with Gasteiger partial charge in [0.05, 0.1) is 5.69 Å². The van der Waals surface area contributed by atoms with Crippen LogP contribution in [0.4, 0.5) is 0 Å². The van der Waals surface area contributed by atoms with E-state index in [4.69, 9.17) is 23.2 Å². The zero-order valence-electron chi connectivity index (χ0n) is 10.4. The van der Waals surface area contributed by atoms with E-state index in [-0.39, 0.29) is 16.2 Å². The van der Waals surface area contributed by atoms with Gasteiger partial charge in [0, 0.05) is 30.9 Å². The Balaban J connectivity index is 2.07. The molecule has 2 aromatic heterocycles. The Labute approximate surface area is 120 Å². The largest absolute Gasteiger partial charge is 0.348 e. The topological polar surface area (TPSA) is 59.8 Å². The fraction of sp³-hybridized carbons (Fsp3) is 0.250. The fourth-order valence-corrected chi connectivity index (χ4v) is 2.16. The molecule has 0 spiro atoms. The lowest BCUT2D eigenvalue weighted by Crippen LogP contribution is -2.23. The minimum atomic E-state index is -0.255. The van der Waals surface area contributed by atoms with E-state index in [0.29, 0.717) is 12.1 Å². The SMILES string of the molecule is Cc1nn(C)cc1CNC(=O)c1cc(Cl)nc(Cl)c1. The van der Waals surface area contributed by atoms with Gasteiger partial charge in [-0.3, -0.25) is 9.48 Å². The van der Waals surface area contributed by atoms with Crippen LogP contribution in [-0.2, 0) is 13.6 Å². The number of hydrogen-bond acceptors (Lipinski definition) is 3. The third-order valence-electron chi connectivity index (χ3n) is 2.58. The maximum Gasteiger partial charge on any atom is 0.251 e. The van der Waals surface area contributed by atoms with Gasteiger partial charge in [-0.05, 0) is 19.1 Å². The molecule has 0 unspecified atom stereocenters. The minimum absolute atomic E-state index is 0.190. The molecule has 7 heteroatoms. The van der Waals surface area contributed by atoms with Crippen molar-refractivity contribution in [3.63, 3.8) is 0 Å². The first-order valence-electron chi connectivity index (χ1n) is 5.56. The summed E-state index contributed by atoms with van der Waals surface area (Å²) in [5.74, 6) is -0.255. The quantitative estimate of drug-likeness (QED) is 0.885. The van der Waals surface area contributed by atoms with Gasteiger partial charge in [0.1, 0.15) is 10.3 Å². The van der Waals surface area contributed by atoms with Crippen molar-refractivity contribution in [2.75, 3.05) is 0 Å². The van der Waals surface area contributed by atoms with Crippen molar-refractivity contribution in [3.8, 4) is 0 Å². The van der Waals surface area contributed by atoms with Crippen LogP contribution in [0.1, 0.15) is 21.6 Å². The van der Waals surface area contributed by atoms with Gasteiger partial charge < -0.3 is 5.32 Å². The van der Waals surface area contributed by atoms with Gasteiger partial charge in [-0.2, -0.15) is 5.10 Å². The molecule has 0 aromatic carbocycles. The standard InChI is InChI=1S/C12H12Cl2N4O/c1-7-9(6-18(2)17-7)5-15-12(19)8-3-10(13)16-11(14)4-8/h3-4,6H,5H2,1-2H3,(H,15,19). The first kappa shape index (κ1) is 13.8. The van der Waals surface area contributed by atoms with E-state index in [1.165, 1.54) is 12.1 Å². The van der Waals surface area contributed by atoms with Gasteiger partial charge in [0.15, 0.2) is 0 Å². The summed E-state index contributed by atoms with van der Waals surface area (Å²) in [6.07, 6.45) is 1.86. The molecule has 0 aliphatic heterocycles. The molecule has 0 saturated heterocycles. The molecule has 0 radical (unpaired) electrons. The highest BCUT2D eigenvalue weighted by Gasteiger charge is 2.10. The van der Waals surface area contributed by atoms with Gasteiger partial charge in [-0.15, -0.1) is 0 Å². The second-order valence-corrected chi connectivity index (χ2v) is 4.87. The molecule has 19 heavy (non-hydrogen) atoms. The number of nitrogens with zero attached hydrogens (tertiary/aromatic N) is 3. The van der Waals surface area contributed by atoms with Crippen LogP contribution in [0.5, 0.6) is 0 Å². The van der Waals surface area contributed by atoms with Crippen LogP contribution in [0.2, 0.25) is 10.3 Å². The predicted octanol–water partition coefficient (Wildman–Crippen LogP) is 2.36. The average Bonchev–Trinajstić information content (AvgIpc) is 2.63. The zero-order valence-corrected chi connectivity index (χ0v) is 12.0. The Morgan fingerprint density at radius 1 is 1.37 bits per heavy atom. The molecule has 1 N–H and O–H groups in total. The van der Waals surface area contributed by atoms with Crippen molar-refractivity contribution in [2.45, 2.75) is 13.5 Å². The first-order chi connectivity index (χ1) is 8.95. The molecule has 0 fully saturated rings. The zero-order chi connectivity index (χ0) is 14.0. The molecule has 0 bridgehead atoms. The summed E-state index contributed by atoms with van der Waals surface area (Å²) in [6, 6.07) is 2.94. The summed E-state index contributed by atoms with van der Waals surface area (Å²) < 4.78 is 1.71. The number of carbonyl (C=O) groups is 1. The molecule has 2 aromatic rings. The molecule has 5 nitrogen and oxygen atoms in total. The summed E-state index contributed by atoms with van der Waals surface area (Å²) in [6.45, 7) is 2.29. The number of aromatic nitrogens is 3. The highest BCUT2D eigenvalue weighted by Crippen LogP contribution is 2.14. The Morgan fingerprint density at radius 3 is 2.53 bits per heavy atom. The summed E-state index contributed by atoms with van der Waals surface area (Å²) in [7, 11) is 1.83. The molecule has 100 valence electrons. The third-order valence-corrected chi connectivity index (χ3v) is 2.97. The molecule has 2 heterocycles. The molecular formula is C12H12Cl2N4O. The van der Waals surface area contributed by atoms with E-state index in [9.17, 15) is 4.79 Å². The van der Waals surface area contributed by atoms with Crippen LogP contribution in [0.25, 0.3) is 0 Å². The minimum Gasteiger partial charge on any atom is -0.348 e. The smallest absolute Gasteiger partial charge is 0.251 e. The Hall–Kier alpha value is -1.59. The summed E-state index contributed by atoms with van der Waals surface area (Å²) in [5.41, 5.74) is 2.22. The van der Waals surface area contributed by atoms with Crippen LogP contribution in [-0.4, -0.2) is 20.7 Å². The highest BCUT2D eigenvalue weighted by molar-refractivity contribution is 6.33. The van der Waals surface area contributed by atoms with Crippen molar-refractivity contribution >= 4 is 29.1 Å². The highest BCUT2D eigenvalue weighted by atomic mass is 35.5. The second-order valence-electron chi connectivity index (χ2n) is 4.10. The molecule has 0 aliphatic rings. The summed E-state index contributed by atoms with van der Waals surface area (Å²) in [5, 5.41) is 7.37. The Morgan fingerprint density at radius 2 is 2.00 bits per heavy atom. The van der Waals surface area contributed by atoms with Crippen LogP contribution in [0, 0.1) is 6.92 Å². The van der Waals surface area contributed by atoms with Gasteiger partial charge in [-0.1, -0.05) is 23.2 Å².